The van der Waals surface area contributed by atoms with Crippen LogP contribution in [0.3, 0.4) is 0 Å². The summed E-state index contributed by atoms with van der Waals surface area (Å²) in [6.45, 7) is 7.81. The molecule has 0 unspecified atom stereocenters. The van der Waals surface area contributed by atoms with Gasteiger partial charge in [-0.25, -0.2) is 0 Å². The van der Waals surface area contributed by atoms with Gasteiger partial charge in [0.05, 0.1) is 17.8 Å². The van der Waals surface area contributed by atoms with Gasteiger partial charge in [0.15, 0.2) is 0 Å². The van der Waals surface area contributed by atoms with Gasteiger partial charge in [0, 0.05) is 5.56 Å². The molecule has 3 N–H and O–H groups in total. The Kier molecular flexibility index (Phi) is 4.77. The molecule has 6 heteroatoms. The highest BCUT2D eigenvalue weighted by molar-refractivity contribution is 7.80. The van der Waals surface area contributed by atoms with Crippen LogP contribution in [0.4, 0.5) is 0 Å². The SMILES string of the molecule is CC1(C)OB(C(=Cc2ccc(C(N)=S)cc2)CO)OC1(C)C. The van der Waals surface area contributed by atoms with Crippen molar-refractivity contribution >= 4 is 30.4 Å². The molecule has 0 atom stereocenters. The maximum atomic E-state index is 9.66. The van der Waals surface area contributed by atoms with Crippen molar-refractivity contribution in [2.45, 2.75) is 38.9 Å². The van der Waals surface area contributed by atoms with Crippen molar-refractivity contribution in [3.05, 3.63) is 40.9 Å². The molecular weight excluding hydrogens is 297 g/mol. The topological polar surface area (TPSA) is 64.7 Å². The first-order valence-corrected chi connectivity index (χ1v) is 7.64. The van der Waals surface area contributed by atoms with Crippen LogP contribution in [-0.4, -0.2) is 35.0 Å². The molecule has 1 aromatic carbocycles. The van der Waals surface area contributed by atoms with Crippen LogP contribution in [0.25, 0.3) is 6.08 Å². The Bertz CT molecular complexity index is 580. The molecule has 0 bridgehead atoms. The minimum Gasteiger partial charge on any atom is -0.400 e. The predicted octanol–water partition coefficient (Wildman–Crippen LogP) is 2.33. The molecule has 0 radical (unpaired) electrons. The summed E-state index contributed by atoms with van der Waals surface area (Å²) in [5.41, 5.74) is 7.15. The molecule has 0 aromatic heterocycles. The lowest BCUT2D eigenvalue weighted by atomic mass is 9.77. The quantitative estimate of drug-likeness (QED) is 0.659. The number of hydrogen-bond acceptors (Lipinski definition) is 4. The molecule has 0 saturated carbocycles. The molecule has 0 amide bonds. The van der Waals surface area contributed by atoms with E-state index >= 15 is 0 Å². The summed E-state index contributed by atoms with van der Waals surface area (Å²) in [7, 11) is -0.551. The fourth-order valence-electron chi connectivity index (χ4n) is 2.14. The lowest BCUT2D eigenvalue weighted by Crippen LogP contribution is -2.41. The van der Waals surface area contributed by atoms with E-state index in [2.05, 4.69) is 0 Å². The highest BCUT2D eigenvalue weighted by Gasteiger charge is 2.52. The van der Waals surface area contributed by atoms with Gasteiger partial charge in [0.1, 0.15) is 4.99 Å². The smallest absolute Gasteiger partial charge is 0.400 e. The summed E-state index contributed by atoms with van der Waals surface area (Å²) < 4.78 is 11.9. The second-order valence-electron chi connectivity index (χ2n) is 6.45. The van der Waals surface area contributed by atoms with Crippen molar-refractivity contribution in [2.24, 2.45) is 5.73 Å². The molecule has 1 heterocycles. The summed E-state index contributed by atoms with van der Waals surface area (Å²) in [6, 6.07) is 7.51. The number of hydrogen-bond donors (Lipinski definition) is 2. The zero-order valence-corrected chi connectivity index (χ0v) is 14.2. The Balaban J connectivity index is 2.23. The highest BCUT2D eigenvalue weighted by atomic mass is 32.1. The van der Waals surface area contributed by atoms with Crippen LogP contribution in [-0.2, 0) is 9.31 Å². The molecule has 0 aliphatic carbocycles. The zero-order chi connectivity index (χ0) is 16.5. The van der Waals surface area contributed by atoms with E-state index in [1.807, 2.05) is 58.0 Å². The van der Waals surface area contributed by atoms with Crippen LogP contribution in [0.1, 0.15) is 38.8 Å². The number of benzene rings is 1. The maximum absolute atomic E-state index is 9.66. The van der Waals surface area contributed by atoms with Gasteiger partial charge in [0.25, 0.3) is 0 Å². The van der Waals surface area contributed by atoms with E-state index in [0.717, 1.165) is 11.1 Å². The summed E-state index contributed by atoms with van der Waals surface area (Å²) in [5, 5.41) is 9.66. The lowest BCUT2D eigenvalue weighted by molar-refractivity contribution is 0.00578. The molecule has 1 aliphatic heterocycles. The Morgan fingerprint density at radius 2 is 1.68 bits per heavy atom. The summed E-state index contributed by atoms with van der Waals surface area (Å²) in [6.07, 6.45) is 1.87. The van der Waals surface area contributed by atoms with Crippen LogP contribution in [0.5, 0.6) is 0 Å². The van der Waals surface area contributed by atoms with Crippen LogP contribution in [0, 0.1) is 0 Å². The molecule has 1 saturated heterocycles. The third-order valence-corrected chi connectivity index (χ3v) is 4.52. The zero-order valence-electron chi connectivity index (χ0n) is 13.4. The lowest BCUT2D eigenvalue weighted by Gasteiger charge is -2.32. The van der Waals surface area contributed by atoms with E-state index in [0.29, 0.717) is 10.5 Å². The van der Waals surface area contributed by atoms with E-state index in [1.54, 1.807) is 0 Å². The number of thiocarbonyl (C=S) groups is 1. The summed E-state index contributed by atoms with van der Waals surface area (Å²) in [4.78, 5) is 0.365. The number of rotatable bonds is 4. The molecule has 118 valence electrons. The van der Waals surface area contributed by atoms with Crippen LogP contribution in [0.15, 0.2) is 29.7 Å². The molecule has 1 aliphatic rings. The van der Waals surface area contributed by atoms with Gasteiger partial charge in [-0.3, -0.25) is 0 Å². The Morgan fingerprint density at radius 1 is 1.18 bits per heavy atom. The molecule has 2 rings (SSSR count). The van der Waals surface area contributed by atoms with Gasteiger partial charge in [-0.1, -0.05) is 42.6 Å². The van der Waals surface area contributed by atoms with Crippen molar-refractivity contribution in [3.8, 4) is 0 Å². The van der Waals surface area contributed by atoms with Gasteiger partial charge in [-0.2, -0.15) is 0 Å². The second kappa shape index (κ2) is 6.12. The van der Waals surface area contributed by atoms with Crippen LogP contribution in [0.2, 0.25) is 0 Å². The second-order valence-corrected chi connectivity index (χ2v) is 6.89. The van der Waals surface area contributed by atoms with Crippen LogP contribution >= 0.6 is 12.2 Å². The molecule has 0 spiro atoms. The molecule has 1 fully saturated rings. The molecular formula is C16H22BNO3S. The van der Waals surface area contributed by atoms with Gasteiger partial charge >= 0.3 is 7.12 Å². The largest absolute Gasteiger partial charge is 0.492 e. The first-order chi connectivity index (χ1) is 10.2. The monoisotopic (exact) mass is 319 g/mol. The van der Waals surface area contributed by atoms with E-state index in [-0.39, 0.29) is 6.61 Å². The fraction of sp³-hybridized carbons (Fsp3) is 0.438. The van der Waals surface area contributed by atoms with Crippen molar-refractivity contribution in [1.29, 1.82) is 0 Å². The summed E-state index contributed by atoms with van der Waals surface area (Å²) in [5.74, 6) is 0. The van der Waals surface area contributed by atoms with Gasteiger partial charge in [-0.15, -0.1) is 0 Å². The van der Waals surface area contributed by atoms with Crippen molar-refractivity contribution in [2.75, 3.05) is 6.61 Å². The predicted molar refractivity (Wildman–Crippen MR) is 93.5 cm³/mol. The third-order valence-electron chi connectivity index (χ3n) is 4.29. The Morgan fingerprint density at radius 3 is 2.09 bits per heavy atom. The van der Waals surface area contributed by atoms with Crippen LogP contribution < -0.4 is 5.73 Å². The van der Waals surface area contributed by atoms with E-state index in [9.17, 15) is 5.11 Å². The first kappa shape index (κ1) is 17.2. The van der Waals surface area contributed by atoms with E-state index in [1.165, 1.54) is 0 Å². The van der Waals surface area contributed by atoms with E-state index in [4.69, 9.17) is 27.3 Å². The average Bonchev–Trinajstić information content (AvgIpc) is 2.65. The normalized spacial score (nSPS) is 20.2. The van der Waals surface area contributed by atoms with Gasteiger partial charge in [0.2, 0.25) is 0 Å². The maximum Gasteiger partial charge on any atom is 0.492 e. The minimum atomic E-state index is -0.551. The highest BCUT2D eigenvalue weighted by Crippen LogP contribution is 2.38. The molecule has 22 heavy (non-hydrogen) atoms. The minimum absolute atomic E-state index is 0.131. The fourth-order valence-corrected chi connectivity index (χ4v) is 2.28. The van der Waals surface area contributed by atoms with Gasteiger partial charge < -0.3 is 20.1 Å². The molecule has 4 nitrogen and oxygen atoms in total. The first-order valence-electron chi connectivity index (χ1n) is 7.23. The standard InChI is InChI=1S/C16H22BNO3S/c1-15(2)16(3,4)21-17(20-15)13(10-19)9-11-5-7-12(8-6-11)14(18)22/h5-9,19H,10H2,1-4H3,(H2,18,22). The van der Waals surface area contributed by atoms with Gasteiger partial charge in [-0.05, 0) is 38.7 Å². The molecule has 1 aromatic rings. The van der Waals surface area contributed by atoms with E-state index < -0.39 is 18.3 Å². The number of aliphatic hydroxyl groups excluding tert-OH is 1. The van der Waals surface area contributed by atoms with Crippen molar-refractivity contribution in [1.82, 2.24) is 0 Å². The average molecular weight is 319 g/mol. The van der Waals surface area contributed by atoms with Crippen molar-refractivity contribution < 1.29 is 14.4 Å². The number of nitrogens with two attached hydrogens (primary N) is 1. The van der Waals surface area contributed by atoms with Crippen molar-refractivity contribution in [3.63, 3.8) is 0 Å². The third kappa shape index (κ3) is 3.41. The summed E-state index contributed by atoms with van der Waals surface area (Å²) >= 11 is 4.94. The Hall–Kier alpha value is -1.21. The Labute approximate surface area is 137 Å². The number of aliphatic hydroxyl groups is 1.